The Morgan fingerprint density at radius 1 is 0.867 bits per heavy atom. The summed E-state index contributed by atoms with van der Waals surface area (Å²) in [6, 6.07) is 14.5. The molecular formula is C22H24N8. The average Bonchev–Trinajstić information content (AvgIpc) is 3.20. The van der Waals surface area contributed by atoms with Gasteiger partial charge in [-0.05, 0) is 49.9 Å². The number of nitrogens with zero attached hydrogens (tertiary/aromatic N) is 5. The average molecular weight is 400 g/mol. The van der Waals surface area contributed by atoms with Crippen molar-refractivity contribution in [3.63, 3.8) is 0 Å². The van der Waals surface area contributed by atoms with E-state index in [2.05, 4.69) is 25.6 Å². The van der Waals surface area contributed by atoms with Crippen molar-refractivity contribution < 1.29 is 0 Å². The Labute approximate surface area is 174 Å². The SMILES string of the molecule is NC1CCC(Nc2ccc3ncc(-c4cnc(Nc5ccccc5)nc4)n3n2)CC1. The summed E-state index contributed by atoms with van der Waals surface area (Å²) >= 11 is 0. The normalized spacial score (nSPS) is 19.0. The molecule has 3 heterocycles. The van der Waals surface area contributed by atoms with Gasteiger partial charge in [-0.2, -0.15) is 0 Å². The van der Waals surface area contributed by atoms with Gasteiger partial charge in [0.05, 0.1) is 11.9 Å². The molecule has 8 heteroatoms. The van der Waals surface area contributed by atoms with Gasteiger partial charge in [0, 0.05) is 35.7 Å². The Hall–Kier alpha value is -3.52. The second-order valence-corrected chi connectivity index (χ2v) is 7.67. The zero-order chi connectivity index (χ0) is 20.3. The first-order valence-electron chi connectivity index (χ1n) is 10.3. The highest BCUT2D eigenvalue weighted by molar-refractivity contribution is 5.63. The number of aromatic nitrogens is 5. The summed E-state index contributed by atoms with van der Waals surface area (Å²) in [4.78, 5) is 13.4. The molecule has 5 rings (SSSR count). The summed E-state index contributed by atoms with van der Waals surface area (Å²) < 4.78 is 1.83. The van der Waals surface area contributed by atoms with Crippen LogP contribution in [0.2, 0.25) is 0 Å². The van der Waals surface area contributed by atoms with Crippen molar-refractivity contribution in [1.82, 2.24) is 24.6 Å². The number of benzene rings is 1. The lowest BCUT2D eigenvalue weighted by atomic mass is 9.92. The largest absolute Gasteiger partial charge is 0.366 e. The summed E-state index contributed by atoms with van der Waals surface area (Å²) in [7, 11) is 0. The van der Waals surface area contributed by atoms with Crippen LogP contribution in [0, 0.1) is 0 Å². The van der Waals surface area contributed by atoms with Crippen molar-refractivity contribution in [2.45, 2.75) is 37.8 Å². The fourth-order valence-electron chi connectivity index (χ4n) is 3.80. The van der Waals surface area contributed by atoms with Crippen LogP contribution in [0.3, 0.4) is 0 Å². The van der Waals surface area contributed by atoms with Gasteiger partial charge in [-0.1, -0.05) is 18.2 Å². The van der Waals surface area contributed by atoms with Gasteiger partial charge in [-0.15, -0.1) is 5.10 Å². The van der Waals surface area contributed by atoms with E-state index >= 15 is 0 Å². The van der Waals surface area contributed by atoms with Crippen LogP contribution >= 0.6 is 0 Å². The molecule has 8 nitrogen and oxygen atoms in total. The van der Waals surface area contributed by atoms with Crippen LogP contribution in [0.5, 0.6) is 0 Å². The highest BCUT2D eigenvalue weighted by atomic mass is 15.3. The Morgan fingerprint density at radius 2 is 1.63 bits per heavy atom. The minimum absolute atomic E-state index is 0.332. The molecule has 30 heavy (non-hydrogen) atoms. The molecule has 1 aromatic carbocycles. The third-order valence-corrected chi connectivity index (χ3v) is 5.46. The van der Waals surface area contributed by atoms with Crippen LogP contribution < -0.4 is 16.4 Å². The van der Waals surface area contributed by atoms with E-state index in [9.17, 15) is 0 Å². The number of nitrogens with two attached hydrogens (primary N) is 1. The van der Waals surface area contributed by atoms with Crippen molar-refractivity contribution in [3.05, 3.63) is 61.1 Å². The van der Waals surface area contributed by atoms with Crippen LogP contribution in [-0.2, 0) is 0 Å². The van der Waals surface area contributed by atoms with Crippen LogP contribution in [0.1, 0.15) is 25.7 Å². The van der Waals surface area contributed by atoms with Gasteiger partial charge in [0.15, 0.2) is 5.65 Å². The van der Waals surface area contributed by atoms with Crippen molar-refractivity contribution in [2.24, 2.45) is 5.73 Å². The molecule has 0 saturated heterocycles. The summed E-state index contributed by atoms with van der Waals surface area (Å²) in [6.45, 7) is 0. The molecular weight excluding hydrogens is 376 g/mol. The van der Waals surface area contributed by atoms with Crippen molar-refractivity contribution in [1.29, 1.82) is 0 Å². The first-order valence-corrected chi connectivity index (χ1v) is 10.3. The number of fused-ring (bicyclic) bond motifs is 1. The predicted octanol–water partition coefficient (Wildman–Crippen LogP) is 3.61. The first-order chi connectivity index (χ1) is 14.7. The first kappa shape index (κ1) is 18.5. The maximum atomic E-state index is 6.02. The second-order valence-electron chi connectivity index (χ2n) is 7.67. The van der Waals surface area contributed by atoms with E-state index in [0.29, 0.717) is 18.0 Å². The van der Waals surface area contributed by atoms with Gasteiger partial charge in [0.25, 0.3) is 0 Å². The Kier molecular flexibility index (Phi) is 4.98. The molecule has 1 fully saturated rings. The number of imidazole rings is 1. The lowest BCUT2D eigenvalue weighted by molar-refractivity contribution is 0.410. The fraction of sp³-hybridized carbons (Fsp3) is 0.273. The highest BCUT2D eigenvalue weighted by Crippen LogP contribution is 2.23. The molecule has 3 aromatic heterocycles. The van der Waals surface area contributed by atoms with Gasteiger partial charge in [-0.25, -0.2) is 19.5 Å². The minimum Gasteiger partial charge on any atom is -0.366 e. The maximum Gasteiger partial charge on any atom is 0.227 e. The van der Waals surface area contributed by atoms with E-state index in [-0.39, 0.29) is 0 Å². The van der Waals surface area contributed by atoms with Crippen LogP contribution in [0.4, 0.5) is 17.5 Å². The molecule has 0 aliphatic heterocycles. The van der Waals surface area contributed by atoms with Crippen molar-refractivity contribution in [3.8, 4) is 11.3 Å². The quantitative estimate of drug-likeness (QED) is 0.470. The van der Waals surface area contributed by atoms with E-state index < -0.39 is 0 Å². The van der Waals surface area contributed by atoms with Gasteiger partial charge in [-0.3, -0.25) is 0 Å². The summed E-state index contributed by atoms with van der Waals surface area (Å²) in [6.07, 6.45) is 9.61. The predicted molar refractivity (Wildman–Crippen MR) is 118 cm³/mol. The molecule has 0 spiro atoms. The number of hydrogen-bond acceptors (Lipinski definition) is 7. The highest BCUT2D eigenvalue weighted by Gasteiger charge is 2.19. The summed E-state index contributed by atoms with van der Waals surface area (Å²) in [5, 5.41) is 11.5. The molecule has 4 N–H and O–H groups in total. The monoisotopic (exact) mass is 400 g/mol. The summed E-state index contributed by atoms with van der Waals surface area (Å²) in [5.41, 5.74) is 9.46. The lowest BCUT2D eigenvalue weighted by Crippen LogP contribution is -2.33. The van der Waals surface area contributed by atoms with Crippen LogP contribution in [-0.4, -0.2) is 36.6 Å². The molecule has 1 aliphatic rings. The zero-order valence-corrected chi connectivity index (χ0v) is 16.6. The fourth-order valence-corrected chi connectivity index (χ4v) is 3.80. The molecule has 0 unspecified atom stereocenters. The molecule has 0 atom stereocenters. The third-order valence-electron chi connectivity index (χ3n) is 5.46. The zero-order valence-electron chi connectivity index (χ0n) is 16.6. The molecule has 1 saturated carbocycles. The standard InChI is InChI=1S/C22H24N8/c23-16-6-8-18(9-7-16)27-20-10-11-21-24-14-19(30(21)29-20)15-12-25-22(26-13-15)28-17-4-2-1-3-5-17/h1-5,10-14,16,18H,6-9,23H2,(H,27,29)(H,25,26,28). The summed E-state index contributed by atoms with van der Waals surface area (Å²) in [5.74, 6) is 1.38. The minimum atomic E-state index is 0.332. The molecule has 0 radical (unpaired) electrons. The van der Waals surface area contributed by atoms with Crippen LogP contribution in [0.25, 0.3) is 16.9 Å². The number of nitrogens with one attached hydrogen (secondary N) is 2. The lowest BCUT2D eigenvalue weighted by Gasteiger charge is -2.27. The number of hydrogen-bond donors (Lipinski definition) is 3. The second kappa shape index (κ2) is 8.08. The van der Waals surface area contributed by atoms with E-state index in [1.54, 1.807) is 18.6 Å². The molecule has 0 amide bonds. The number of para-hydroxylation sites is 1. The molecule has 152 valence electrons. The Morgan fingerprint density at radius 3 is 2.40 bits per heavy atom. The van der Waals surface area contributed by atoms with Gasteiger partial charge in [0.1, 0.15) is 5.82 Å². The number of anilines is 3. The maximum absolute atomic E-state index is 6.02. The molecule has 4 aromatic rings. The number of rotatable bonds is 5. The Balaban J connectivity index is 1.36. The van der Waals surface area contributed by atoms with Gasteiger partial charge < -0.3 is 16.4 Å². The Bertz CT molecular complexity index is 1120. The topological polar surface area (TPSA) is 106 Å². The van der Waals surface area contributed by atoms with Crippen LogP contribution in [0.15, 0.2) is 61.1 Å². The molecule has 0 bridgehead atoms. The van der Waals surface area contributed by atoms with E-state index in [1.807, 2.05) is 47.0 Å². The van der Waals surface area contributed by atoms with Gasteiger partial charge >= 0.3 is 0 Å². The smallest absolute Gasteiger partial charge is 0.227 e. The van der Waals surface area contributed by atoms with Gasteiger partial charge in [0.2, 0.25) is 5.95 Å². The molecule has 1 aliphatic carbocycles. The van der Waals surface area contributed by atoms with Crippen molar-refractivity contribution in [2.75, 3.05) is 10.6 Å². The van der Waals surface area contributed by atoms with E-state index in [0.717, 1.165) is 54.1 Å². The van der Waals surface area contributed by atoms with E-state index in [1.165, 1.54) is 0 Å². The van der Waals surface area contributed by atoms with Crippen molar-refractivity contribution >= 4 is 23.1 Å². The third kappa shape index (κ3) is 3.95. The van der Waals surface area contributed by atoms with E-state index in [4.69, 9.17) is 10.8 Å².